The van der Waals surface area contributed by atoms with E-state index in [0.29, 0.717) is 3.12 Å². The Bertz CT molecular complexity index is 614. The van der Waals surface area contributed by atoms with Crippen molar-refractivity contribution in [2.75, 3.05) is 0 Å². The van der Waals surface area contributed by atoms with E-state index in [1.807, 2.05) is 0 Å². The zero-order valence-electron chi connectivity index (χ0n) is 12.7. The van der Waals surface area contributed by atoms with Gasteiger partial charge in [0.2, 0.25) is 0 Å². The number of hydrogen-bond acceptors (Lipinski definition) is 0. The van der Waals surface area contributed by atoms with E-state index >= 15 is 0 Å². The molecule has 0 N–H and O–H groups in total. The van der Waals surface area contributed by atoms with Crippen LogP contribution in [-0.4, -0.2) is 0 Å². The van der Waals surface area contributed by atoms with Crippen LogP contribution in [0.1, 0.15) is 43.4 Å². The molecule has 0 saturated heterocycles. The molecule has 2 aliphatic carbocycles. The first kappa shape index (κ1) is 19.0. The number of allylic oxidation sites excluding steroid dienone is 5. The Labute approximate surface area is 152 Å². The van der Waals surface area contributed by atoms with Crippen molar-refractivity contribution in [1.82, 2.24) is 0 Å². The normalized spacial score (nSPS) is 21.7. The van der Waals surface area contributed by atoms with E-state index in [-0.39, 0.29) is 24.8 Å². The summed E-state index contributed by atoms with van der Waals surface area (Å²) < 4.78 is 2.15. The van der Waals surface area contributed by atoms with Crippen LogP contribution in [0.3, 0.4) is 0 Å². The summed E-state index contributed by atoms with van der Waals surface area (Å²) in [7, 11) is 0. The van der Waals surface area contributed by atoms with Crippen molar-refractivity contribution in [1.29, 1.82) is 0 Å². The quantitative estimate of drug-likeness (QED) is 0.610. The average Bonchev–Trinajstić information content (AvgIpc) is 2.95. The Balaban J connectivity index is 0.00000110. The second kappa shape index (κ2) is 7.45. The molecule has 0 nitrogen and oxygen atoms in total. The monoisotopic (exact) mass is 396 g/mol. The smallest absolute Gasteiger partial charge is 1.00 e. The molecule has 0 aliphatic heterocycles. The van der Waals surface area contributed by atoms with Gasteiger partial charge in [-0.25, -0.2) is 0 Å². The standard InChI is InChI=1S/C11H11.C7H9.2ClH.Zr/c1-8-3-6-11-9(2)4-5-10(11)7-8;1-2-7-5-3-4-6-7;;;/h3-7H,1-2H3;3,5H,2,4H2,1H3;2*1H;/q;;;;+2/p-2. The van der Waals surface area contributed by atoms with Crippen LogP contribution in [0.4, 0.5) is 0 Å². The molecule has 3 heteroatoms. The van der Waals surface area contributed by atoms with E-state index in [9.17, 15) is 0 Å². The van der Waals surface area contributed by atoms with Crippen molar-refractivity contribution in [3.63, 3.8) is 0 Å². The van der Waals surface area contributed by atoms with Crippen molar-refractivity contribution in [3.8, 4) is 0 Å². The van der Waals surface area contributed by atoms with Crippen molar-refractivity contribution in [2.24, 2.45) is 0 Å². The van der Waals surface area contributed by atoms with Crippen molar-refractivity contribution < 1.29 is 48.0 Å². The average molecular weight is 398 g/mol. The van der Waals surface area contributed by atoms with E-state index < -0.39 is 23.2 Å². The topological polar surface area (TPSA) is 0 Å². The van der Waals surface area contributed by atoms with E-state index in [4.69, 9.17) is 0 Å². The molecular weight excluding hydrogens is 378 g/mol. The van der Waals surface area contributed by atoms with Crippen LogP contribution in [0.2, 0.25) is 0 Å². The van der Waals surface area contributed by atoms with Gasteiger partial charge in [-0.2, -0.15) is 0 Å². The van der Waals surface area contributed by atoms with Gasteiger partial charge in [-0.05, 0) is 0 Å². The minimum Gasteiger partial charge on any atom is -1.00 e. The molecule has 2 aliphatic rings. The second-order valence-corrected chi connectivity index (χ2v) is 10.4. The van der Waals surface area contributed by atoms with Gasteiger partial charge in [0.15, 0.2) is 0 Å². The Kier molecular flexibility index (Phi) is 6.72. The molecule has 3 rings (SSSR count). The van der Waals surface area contributed by atoms with Crippen LogP contribution in [0.5, 0.6) is 0 Å². The summed E-state index contributed by atoms with van der Waals surface area (Å²) >= 11 is -0.605. The van der Waals surface area contributed by atoms with Gasteiger partial charge in [-0.3, -0.25) is 0 Å². The van der Waals surface area contributed by atoms with E-state index in [0.717, 1.165) is 0 Å². The van der Waals surface area contributed by atoms with Gasteiger partial charge in [0.1, 0.15) is 0 Å². The third-order valence-corrected chi connectivity index (χ3v) is 8.56. The third-order valence-electron chi connectivity index (χ3n) is 4.18. The minimum absolute atomic E-state index is 0. The Morgan fingerprint density at radius 3 is 2.67 bits per heavy atom. The summed E-state index contributed by atoms with van der Waals surface area (Å²) in [6.45, 7) is 6.92. The van der Waals surface area contributed by atoms with Crippen LogP contribution in [0.25, 0.3) is 6.08 Å². The second-order valence-electron chi connectivity index (χ2n) is 5.72. The fourth-order valence-electron chi connectivity index (χ4n) is 3.07. The molecule has 1 atom stereocenters. The molecule has 0 aromatic heterocycles. The van der Waals surface area contributed by atoms with Gasteiger partial charge in [0.05, 0.1) is 0 Å². The Morgan fingerprint density at radius 1 is 1.19 bits per heavy atom. The maximum atomic E-state index is 2.47. The number of rotatable bonds is 3. The minimum atomic E-state index is -0.605. The molecule has 21 heavy (non-hydrogen) atoms. The van der Waals surface area contributed by atoms with Crippen molar-refractivity contribution in [3.05, 3.63) is 62.0 Å². The van der Waals surface area contributed by atoms with Crippen LogP contribution < -0.4 is 24.8 Å². The van der Waals surface area contributed by atoms with Gasteiger partial charge in [0.25, 0.3) is 0 Å². The van der Waals surface area contributed by atoms with Crippen molar-refractivity contribution in [2.45, 2.75) is 36.7 Å². The number of benzene rings is 1. The molecule has 110 valence electrons. The predicted octanol–water partition coefficient (Wildman–Crippen LogP) is -1.05. The zero-order valence-corrected chi connectivity index (χ0v) is 16.7. The van der Waals surface area contributed by atoms with Gasteiger partial charge in [0, 0.05) is 0 Å². The van der Waals surface area contributed by atoms with Gasteiger partial charge < -0.3 is 24.8 Å². The molecular formula is C18H20Cl2Zr. The summed E-state index contributed by atoms with van der Waals surface area (Å²) in [4.78, 5) is 0. The molecule has 0 radical (unpaired) electrons. The summed E-state index contributed by atoms with van der Waals surface area (Å²) in [6, 6.07) is 6.96. The van der Waals surface area contributed by atoms with E-state index in [2.05, 4.69) is 63.3 Å². The third kappa shape index (κ3) is 3.63. The first-order valence-electron chi connectivity index (χ1n) is 7.09. The fraction of sp³-hybridized carbons (Fsp3) is 0.333. The van der Waals surface area contributed by atoms with Crippen LogP contribution >= 0.6 is 0 Å². The van der Waals surface area contributed by atoms with Gasteiger partial charge in [-0.1, -0.05) is 0 Å². The van der Waals surface area contributed by atoms with Gasteiger partial charge in [-0.15, -0.1) is 0 Å². The SMILES string of the molecule is CCC1=[C]([Zr+2][C]2(C)C=Cc3cc(C)ccc32)CC=C1.[Cl-].[Cl-]. The van der Waals surface area contributed by atoms with Crippen LogP contribution in [-0.2, 0) is 26.4 Å². The molecule has 0 bridgehead atoms. The number of halogens is 2. The van der Waals surface area contributed by atoms with Crippen LogP contribution in [0, 0.1) is 6.92 Å². The first-order valence-corrected chi connectivity index (χ1v) is 9.55. The molecule has 1 unspecified atom stereocenters. The van der Waals surface area contributed by atoms with Crippen LogP contribution in [0.15, 0.2) is 45.3 Å². The maximum absolute atomic E-state index is 2.47. The summed E-state index contributed by atoms with van der Waals surface area (Å²) in [5, 5.41) is 0. The Morgan fingerprint density at radius 2 is 1.95 bits per heavy atom. The number of hydrogen-bond donors (Lipinski definition) is 0. The molecule has 0 amide bonds. The number of fused-ring (bicyclic) bond motifs is 1. The number of aryl methyl sites for hydroxylation is 1. The maximum Gasteiger partial charge on any atom is -1.00 e. The molecule has 0 saturated carbocycles. The zero-order chi connectivity index (χ0) is 13.5. The molecule has 1 aromatic carbocycles. The van der Waals surface area contributed by atoms with Crippen molar-refractivity contribution >= 4 is 6.08 Å². The molecule has 0 heterocycles. The van der Waals surface area contributed by atoms with E-state index in [1.165, 1.54) is 24.0 Å². The molecule has 0 spiro atoms. The first-order chi connectivity index (χ1) is 9.12. The predicted molar refractivity (Wildman–Crippen MR) is 78.6 cm³/mol. The summed E-state index contributed by atoms with van der Waals surface area (Å²) in [6.07, 6.45) is 12.0. The molecule has 1 aromatic rings. The van der Waals surface area contributed by atoms with Gasteiger partial charge >= 0.3 is 128 Å². The fourth-order valence-corrected chi connectivity index (χ4v) is 7.49. The summed E-state index contributed by atoms with van der Waals surface area (Å²) in [5.74, 6) is 0. The Hall–Kier alpha value is -0.0969. The largest absolute Gasteiger partial charge is 1.00 e. The summed E-state index contributed by atoms with van der Waals surface area (Å²) in [5.41, 5.74) is 6.02. The van der Waals surface area contributed by atoms with E-state index in [1.54, 1.807) is 14.4 Å². The molecule has 0 fully saturated rings.